The SMILES string of the molecule is Cc1cc(C)c(C)c(Nc2ccnc(CN)n2)c1C. The second kappa shape index (κ2) is 5.36. The lowest BCUT2D eigenvalue weighted by atomic mass is 9.99. The van der Waals surface area contributed by atoms with Crippen LogP contribution in [0.5, 0.6) is 0 Å². The van der Waals surface area contributed by atoms with Crippen LogP contribution in [-0.2, 0) is 6.54 Å². The van der Waals surface area contributed by atoms with Gasteiger partial charge in [-0.2, -0.15) is 0 Å². The average Bonchev–Trinajstić information content (AvgIpc) is 2.41. The quantitative estimate of drug-likeness (QED) is 0.886. The van der Waals surface area contributed by atoms with Gasteiger partial charge in [-0.25, -0.2) is 9.97 Å². The molecule has 0 amide bonds. The number of aromatic nitrogens is 2. The van der Waals surface area contributed by atoms with E-state index in [9.17, 15) is 0 Å². The van der Waals surface area contributed by atoms with Crippen molar-refractivity contribution >= 4 is 11.5 Å². The van der Waals surface area contributed by atoms with Crippen LogP contribution in [0.3, 0.4) is 0 Å². The summed E-state index contributed by atoms with van der Waals surface area (Å²) in [5, 5.41) is 3.39. The molecule has 0 aliphatic carbocycles. The molecule has 0 bridgehead atoms. The van der Waals surface area contributed by atoms with E-state index in [4.69, 9.17) is 5.73 Å². The van der Waals surface area contributed by atoms with E-state index in [1.165, 1.54) is 22.3 Å². The molecule has 2 aromatic rings. The van der Waals surface area contributed by atoms with Gasteiger partial charge in [-0.15, -0.1) is 0 Å². The Morgan fingerprint density at radius 3 is 2.32 bits per heavy atom. The summed E-state index contributed by atoms with van der Waals surface area (Å²) in [6.45, 7) is 8.83. The third kappa shape index (κ3) is 2.74. The maximum Gasteiger partial charge on any atom is 0.144 e. The van der Waals surface area contributed by atoms with E-state index in [0.29, 0.717) is 12.4 Å². The molecule has 1 heterocycles. The van der Waals surface area contributed by atoms with Crippen molar-refractivity contribution in [3.05, 3.63) is 46.4 Å². The molecule has 0 atom stereocenters. The van der Waals surface area contributed by atoms with Crippen molar-refractivity contribution in [1.29, 1.82) is 0 Å². The van der Waals surface area contributed by atoms with Crippen molar-refractivity contribution in [3.8, 4) is 0 Å². The number of hydrogen-bond acceptors (Lipinski definition) is 4. The second-order valence-corrected chi connectivity index (χ2v) is 4.82. The summed E-state index contributed by atoms with van der Waals surface area (Å²) >= 11 is 0. The molecule has 0 radical (unpaired) electrons. The molecule has 0 aliphatic rings. The van der Waals surface area contributed by atoms with Crippen molar-refractivity contribution in [2.45, 2.75) is 34.2 Å². The third-order valence-electron chi connectivity index (χ3n) is 3.51. The summed E-state index contributed by atoms with van der Waals surface area (Å²) in [6, 6.07) is 4.07. The number of nitrogens with one attached hydrogen (secondary N) is 1. The average molecular weight is 256 g/mol. The minimum absolute atomic E-state index is 0.348. The topological polar surface area (TPSA) is 63.8 Å². The van der Waals surface area contributed by atoms with Crippen LogP contribution >= 0.6 is 0 Å². The highest BCUT2D eigenvalue weighted by atomic mass is 15.0. The Kier molecular flexibility index (Phi) is 3.81. The molecular weight excluding hydrogens is 236 g/mol. The summed E-state index contributed by atoms with van der Waals surface area (Å²) in [5.74, 6) is 1.43. The molecule has 0 aliphatic heterocycles. The maximum absolute atomic E-state index is 5.57. The largest absolute Gasteiger partial charge is 0.340 e. The fraction of sp³-hybridized carbons (Fsp3) is 0.333. The highest BCUT2D eigenvalue weighted by molar-refractivity contribution is 5.67. The van der Waals surface area contributed by atoms with Gasteiger partial charge in [0.1, 0.15) is 11.6 Å². The van der Waals surface area contributed by atoms with Gasteiger partial charge in [0, 0.05) is 11.9 Å². The Hall–Kier alpha value is -1.94. The molecule has 0 saturated carbocycles. The lowest BCUT2D eigenvalue weighted by Gasteiger charge is -2.16. The molecule has 0 saturated heterocycles. The minimum Gasteiger partial charge on any atom is -0.340 e. The van der Waals surface area contributed by atoms with Gasteiger partial charge in [0.15, 0.2) is 0 Å². The smallest absolute Gasteiger partial charge is 0.144 e. The first-order valence-corrected chi connectivity index (χ1v) is 6.39. The van der Waals surface area contributed by atoms with E-state index >= 15 is 0 Å². The number of nitrogens with two attached hydrogens (primary N) is 1. The zero-order valence-electron chi connectivity index (χ0n) is 11.9. The van der Waals surface area contributed by atoms with Crippen LogP contribution in [0, 0.1) is 27.7 Å². The summed E-state index contributed by atoms with van der Waals surface area (Å²) in [5.41, 5.74) is 11.7. The standard InChI is InChI=1S/C15H20N4/c1-9-7-10(2)12(4)15(11(9)3)19-13-5-6-17-14(8-16)18-13/h5-7H,8,16H2,1-4H3,(H,17,18,19). The highest BCUT2D eigenvalue weighted by Crippen LogP contribution is 2.28. The normalized spacial score (nSPS) is 10.6. The van der Waals surface area contributed by atoms with Crippen molar-refractivity contribution in [3.63, 3.8) is 0 Å². The van der Waals surface area contributed by atoms with Gasteiger partial charge in [-0.1, -0.05) is 6.07 Å². The van der Waals surface area contributed by atoms with Crippen LogP contribution < -0.4 is 11.1 Å². The Bertz CT molecular complexity index is 579. The van der Waals surface area contributed by atoms with Crippen molar-refractivity contribution in [2.24, 2.45) is 5.73 Å². The first-order valence-electron chi connectivity index (χ1n) is 6.39. The van der Waals surface area contributed by atoms with Crippen molar-refractivity contribution < 1.29 is 0 Å². The van der Waals surface area contributed by atoms with Gasteiger partial charge >= 0.3 is 0 Å². The monoisotopic (exact) mass is 256 g/mol. The lowest BCUT2D eigenvalue weighted by molar-refractivity contribution is 0.911. The van der Waals surface area contributed by atoms with Gasteiger partial charge in [0.25, 0.3) is 0 Å². The Balaban J connectivity index is 2.43. The number of nitrogens with zero attached hydrogens (tertiary/aromatic N) is 2. The molecule has 1 aromatic carbocycles. The number of aryl methyl sites for hydroxylation is 2. The van der Waals surface area contributed by atoms with Gasteiger partial charge in [0.05, 0.1) is 6.54 Å². The molecule has 0 unspecified atom stereocenters. The minimum atomic E-state index is 0.348. The van der Waals surface area contributed by atoms with Crippen LogP contribution in [0.1, 0.15) is 28.1 Å². The van der Waals surface area contributed by atoms with Crippen LogP contribution in [0.15, 0.2) is 18.3 Å². The molecule has 19 heavy (non-hydrogen) atoms. The molecule has 0 spiro atoms. The zero-order chi connectivity index (χ0) is 14.0. The lowest BCUT2D eigenvalue weighted by Crippen LogP contribution is -2.06. The van der Waals surface area contributed by atoms with Crippen molar-refractivity contribution in [1.82, 2.24) is 9.97 Å². The van der Waals surface area contributed by atoms with Crippen LogP contribution in [0.25, 0.3) is 0 Å². The summed E-state index contributed by atoms with van der Waals surface area (Å²) < 4.78 is 0. The molecule has 4 nitrogen and oxygen atoms in total. The number of benzene rings is 1. The van der Waals surface area contributed by atoms with E-state index < -0.39 is 0 Å². The predicted molar refractivity (Wildman–Crippen MR) is 78.6 cm³/mol. The summed E-state index contributed by atoms with van der Waals surface area (Å²) in [7, 11) is 0. The molecular formula is C15H20N4. The zero-order valence-corrected chi connectivity index (χ0v) is 11.9. The molecule has 0 fully saturated rings. The molecule has 4 heteroatoms. The second-order valence-electron chi connectivity index (χ2n) is 4.82. The predicted octanol–water partition coefficient (Wildman–Crippen LogP) is 2.91. The Morgan fingerprint density at radius 1 is 1.11 bits per heavy atom. The van der Waals surface area contributed by atoms with Gasteiger partial charge < -0.3 is 11.1 Å². The van der Waals surface area contributed by atoms with E-state index in [-0.39, 0.29) is 0 Å². The van der Waals surface area contributed by atoms with Crippen LogP contribution in [0.4, 0.5) is 11.5 Å². The molecule has 1 aromatic heterocycles. The van der Waals surface area contributed by atoms with E-state index in [1.54, 1.807) is 6.20 Å². The van der Waals surface area contributed by atoms with E-state index in [0.717, 1.165) is 11.5 Å². The number of anilines is 2. The van der Waals surface area contributed by atoms with Crippen molar-refractivity contribution in [2.75, 3.05) is 5.32 Å². The fourth-order valence-corrected chi connectivity index (χ4v) is 2.10. The Morgan fingerprint density at radius 2 is 1.74 bits per heavy atom. The van der Waals surface area contributed by atoms with Crippen LogP contribution in [0.2, 0.25) is 0 Å². The molecule has 100 valence electrons. The Labute approximate surface area is 114 Å². The number of hydrogen-bond donors (Lipinski definition) is 2. The third-order valence-corrected chi connectivity index (χ3v) is 3.51. The summed E-state index contributed by atoms with van der Waals surface area (Å²) in [4.78, 5) is 8.48. The number of rotatable bonds is 3. The first-order chi connectivity index (χ1) is 9.02. The molecule has 3 N–H and O–H groups in total. The van der Waals surface area contributed by atoms with E-state index in [2.05, 4.69) is 49.0 Å². The maximum atomic E-state index is 5.57. The highest BCUT2D eigenvalue weighted by Gasteiger charge is 2.09. The van der Waals surface area contributed by atoms with Gasteiger partial charge in [-0.3, -0.25) is 0 Å². The van der Waals surface area contributed by atoms with Crippen LogP contribution in [-0.4, -0.2) is 9.97 Å². The van der Waals surface area contributed by atoms with Gasteiger partial charge in [-0.05, 0) is 56.0 Å². The molecule has 2 rings (SSSR count). The van der Waals surface area contributed by atoms with E-state index in [1.807, 2.05) is 6.07 Å². The summed E-state index contributed by atoms with van der Waals surface area (Å²) in [6.07, 6.45) is 1.73. The fourth-order valence-electron chi connectivity index (χ4n) is 2.10. The first kappa shape index (κ1) is 13.5. The van der Waals surface area contributed by atoms with Gasteiger partial charge in [0.2, 0.25) is 0 Å².